The van der Waals surface area contributed by atoms with Gasteiger partial charge in [0.15, 0.2) is 0 Å². The van der Waals surface area contributed by atoms with E-state index in [0.717, 1.165) is 31.8 Å². The highest BCUT2D eigenvalue weighted by Gasteiger charge is 2.07. The van der Waals surface area contributed by atoms with Crippen molar-refractivity contribution < 1.29 is 4.79 Å². The molecule has 15 heavy (non-hydrogen) atoms. The third-order valence-corrected chi connectivity index (χ3v) is 2.52. The molecule has 0 bridgehead atoms. The summed E-state index contributed by atoms with van der Waals surface area (Å²) in [4.78, 5) is 13.5. The molecule has 0 aromatic heterocycles. The van der Waals surface area contributed by atoms with E-state index in [-0.39, 0.29) is 5.91 Å². The van der Waals surface area contributed by atoms with Gasteiger partial charge in [-0.25, -0.2) is 0 Å². The monoisotopic (exact) mass is 214 g/mol. The predicted octanol–water partition coefficient (Wildman–Crippen LogP) is 1.88. The lowest BCUT2D eigenvalue weighted by atomic mass is 10.1. The average molecular weight is 214 g/mol. The SMILES string of the molecule is CNCCCC(=O)N(C)CCCC(C)C. The van der Waals surface area contributed by atoms with Crippen molar-refractivity contribution in [3.63, 3.8) is 0 Å². The fraction of sp³-hybridized carbons (Fsp3) is 0.917. The maximum Gasteiger partial charge on any atom is 0.222 e. The van der Waals surface area contributed by atoms with Crippen LogP contribution in [0, 0.1) is 5.92 Å². The molecule has 1 N–H and O–H groups in total. The van der Waals surface area contributed by atoms with Crippen LogP contribution in [0.4, 0.5) is 0 Å². The second-order valence-electron chi connectivity index (χ2n) is 4.56. The van der Waals surface area contributed by atoms with Gasteiger partial charge in [-0.1, -0.05) is 13.8 Å². The van der Waals surface area contributed by atoms with Gasteiger partial charge in [-0.15, -0.1) is 0 Å². The first-order valence-electron chi connectivity index (χ1n) is 5.96. The Balaban J connectivity index is 3.51. The fourth-order valence-corrected chi connectivity index (χ4v) is 1.47. The molecule has 0 heterocycles. The van der Waals surface area contributed by atoms with Crippen LogP contribution < -0.4 is 5.32 Å². The summed E-state index contributed by atoms with van der Waals surface area (Å²) in [6.45, 7) is 6.26. The Hall–Kier alpha value is -0.570. The van der Waals surface area contributed by atoms with Gasteiger partial charge in [0.1, 0.15) is 0 Å². The van der Waals surface area contributed by atoms with Crippen LogP contribution in [0.5, 0.6) is 0 Å². The van der Waals surface area contributed by atoms with E-state index in [1.165, 1.54) is 6.42 Å². The Morgan fingerprint density at radius 3 is 2.53 bits per heavy atom. The summed E-state index contributed by atoms with van der Waals surface area (Å²) in [5.41, 5.74) is 0. The smallest absolute Gasteiger partial charge is 0.222 e. The van der Waals surface area contributed by atoms with Crippen molar-refractivity contribution in [1.29, 1.82) is 0 Å². The Bertz CT molecular complexity index is 169. The van der Waals surface area contributed by atoms with E-state index in [1.54, 1.807) is 0 Å². The van der Waals surface area contributed by atoms with Gasteiger partial charge >= 0.3 is 0 Å². The summed E-state index contributed by atoms with van der Waals surface area (Å²) in [5, 5.41) is 3.05. The van der Waals surface area contributed by atoms with Crippen LogP contribution in [-0.2, 0) is 4.79 Å². The first kappa shape index (κ1) is 14.4. The molecule has 0 spiro atoms. The zero-order valence-corrected chi connectivity index (χ0v) is 10.7. The molecule has 3 nitrogen and oxygen atoms in total. The maximum absolute atomic E-state index is 11.6. The van der Waals surface area contributed by atoms with Crippen LogP contribution in [0.2, 0.25) is 0 Å². The maximum atomic E-state index is 11.6. The number of nitrogens with one attached hydrogen (secondary N) is 1. The molecule has 3 heteroatoms. The van der Waals surface area contributed by atoms with Crippen molar-refractivity contribution in [1.82, 2.24) is 10.2 Å². The summed E-state index contributed by atoms with van der Waals surface area (Å²) < 4.78 is 0. The second-order valence-corrected chi connectivity index (χ2v) is 4.56. The Kier molecular flexibility index (Phi) is 8.38. The highest BCUT2D eigenvalue weighted by atomic mass is 16.2. The van der Waals surface area contributed by atoms with Crippen LogP contribution in [0.3, 0.4) is 0 Å². The van der Waals surface area contributed by atoms with Gasteiger partial charge in [0.05, 0.1) is 0 Å². The summed E-state index contributed by atoms with van der Waals surface area (Å²) >= 11 is 0. The molecule has 0 rings (SSSR count). The molecule has 0 aromatic carbocycles. The zero-order chi connectivity index (χ0) is 11.7. The van der Waals surface area contributed by atoms with Crippen molar-refractivity contribution >= 4 is 5.91 Å². The standard InChI is InChI=1S/C12H26N2O/c1-11(2)7-6-10-14(4)12(15)8-5-9-13-3/h11,13H,5-10H2,1-4H3. The molecule has 90 valence electrons. The number of hydrogen-bond acceptors (Lipinski definition) is 2. The van der Waals surface area contributed by atoms with Gasteiger partial charge in [0.25, 0.3) is 0 Å². The van der Waals surface area contributed by atoms with Crippen molar-refractivity contribution in [3.8, 4) is 0 Å². The minimum atomic E-state index is 0.272. The lowest BCUT2D eigenvalue weighted by Gasteiger charge is -2.17. The van der Waals surface area contributed by atoms with Crippen molar-refractivity contribution in [2.24, 2.45) is 5.92 Å². The molecule has 0 aliphatic carbocycles. The number of rotatable bonds is 8. The molecule has 0 fully saturated rings. The molecule has 1 amide bonds. The molecule has 0 saturated heterocycles. The third-order valence-electron chi connectivity index (χ3n) is 2.52. The number of nitrogens with zero attached hydrogens (tertiary/aromatic N) is 1. The number of carbonyl (C=O) groups excluding carboxylic acids is 1. The Morgan fingerprint density at radius 1 is 1.33 bits per heavy atom. The summed E-state index contributed by atoms with van der Waals surface area (Å²) in [7, 11) is 3.82. The van der Waals surface area contributed by atoms with Gasteiger partial charge in [-0.3, -0.25) is 4.79 Å². The molecule has 0 aromatic rings. The Labute approximate surface area is 94.2 Å². The predicted molar refractivity (Wildman–Crippen MR) is 64.9 cm³/mol. The first-order valence-corrected chi connectivity index (χ1v) is 5.96. The summed E-state index contributed by atoms with van der Waals surface area (Å²) in [5.74, 6) is 1.01. The van der Waals surface area contributed by atoms with Crippen LogP contribution in [0.25, 0.3) is 0 Å². The third kappa shape index (κ3) is 8.43. The largest absolute Gasteiger partial charge is 0.346 e. The van der Waals surface area contributed by atoms with Crippen molar-refractivity contribution in [2.45, 2.75) is 39.5 Å². The average Bonchev–Trinajstić information content (AvgIpc) is 2.17. The van der Waals surface area contributed by atoms with Gasteiger partial charge in [0, 0.05) is 20.0 Å². The summed E-state index contributed by atoms with van der Waals surface area (Å²) in [6.07, 6.45) is 3.92. The van der Waals surface area contributed by atoms with Crippen LogP contribution in [0.15, 0.2) is 0 Å². The Morgan fingerprint density at radius 2 is 2.00 bits per heavy atom. The molecule has 0 aliphatic rings. The molecule has 0 unspecified atom stereocenters. The zero-order valence-electron chi connectivity index (χ0n) is 10.7. The molecule has 0 atom stereocenters. The number of amides is 1. The van der Waals surface area contributed by atoms with Crippen molar-refractivity contribution in [3.05, 3.63) is 0 Å². The summed E-state index contributed by atoms with van der Waals surface area (Å²) in [6, 6.07) is 0. The van der Waals surface area contributed by atoms with E-state index in [4.69, 9.17) is 0 Å². The molecule has 0 saturated carbocycles. The van der Waals surface area contributed by atoms with Gasteiger partial charge in [-0.05, 0) is 38.8 Å². The van der Waals surface area contributed by atoms with E-state index < -0.39 is 0 Å². The molecule has 0 aliphatic heterocycles. The van der Waals surface area contributed by atoms with Crippen molar-refractivity contribution in [2.75, 3.05) is 27.2 Å². The second kappa shape index (κ2) is 8.72. The fourth-order valence-electron chi connectivity index (χ4n) is 1.47. The van der Waals surface area contributed by atoms with Gasteiger partial charge < -0.3 is 10.2 Å². The lowest BCUT2D eigenvalue weighted by Crippen LogP contribution is -2.28. The molecular formula is C12H26N2O. The van der Waals surface area contributed by atoms with E-state index in [1.807, 2.05) is 19.0 Å². The minimum absolute atomic E-state index is 0.272. The quantitative estimate of drug-likeness (QED) is 0.626. The minimum Gasteiger partial charge on any atom is -0.346 e. The van der Waals surface area contributed by atoms with Gasteiger partial charge in [0.2, 0.25) is 5.91 Å². The normalized spacial score (nSPS) is 10.7. The van der Waals surface area contributed by atoms with Gasteiger partial charge in [-0.2, -0.15) is 0 Å². The highest BCUT2D eigenvalue weighted by molar-refractivity contribution is 5.75. The topological polar surface area (TPSA) is 32.3 Å². The first-order chi connectivity index (χ1) is 7.07. The number of carbonyl (C=O) groups is 1. The highest BCUT2D eigenvalue weighted by Crippen LogP contribution is 2.05. The molecule has 0 radical (unpaired) electrons. The van der Waals surface area contributed by atoms with Crippen LogP contribution >= 0.6 is 0 Å². The van der Waals surface area contributed by atoms with E-state index in [0.29, 0.717) is 6.42 Å². The van der Waals surface area contributed by atoms with E-state index in [9.17, 15) is 4.79 Å². The van der Waals surface area contributed by atoms with Crippen LogP contribution in [0.1, 0.15) is 39.5 Å². The lowest BCUT2D eigenvalue weighted by molar-refractivity contribution is -0.130. The van der Waals surface area contributed by atoms with Crippen LogP contribution in [-0.4, -0.2) is 38.0 Å². The van der Waals surface area contributed by atoms with E-state index >= 15 is 0 Å². The van der Waals surface area contributed by atoms with E-state index in [2.05, 4.69) is 19.2 Å². The molecular weight excluding hydrogens is 188 g/mol. The number of hydrogen-bond donors (Lipinski definition) is 1.